The highest BCUT2D eigenvalue weighted by atomic mass is 35.5. The first kappa shape index (κ1) is 19.2. The highest BCUT2D eigenvalue weighted by molar-refractivity contribution is 6.30. The van der Waals surface area contributed by atoms with Crippen LogP contribution in [0.15, 0.2) is 54.6 Å². The summed E-state index contributed by atoms with van der Waals surface area (Å²) in [6, 6.07) is 17.2. The fourth-order valence-corrected chi connectivity index (χ4v) is 3.36. The minimum atomic E-state index is -0.606. The summed E-state index contributed by atoms with van der Waals surface area (Å²) in [6.07, 6.45) is 2.59. The number of halogens is 1. The van der Waals surface area contributed by atoms with Gasteiger partial charge in [0.25, 0.3) is 0 Å². The Hall–Kier alpha value is -2.53. The van der Waals surface area contributed by atoms with Crippen LogP contribution in [-0.2, 0) is 21.6 Å². The first-order chi connectivity index (χ1) is 13.1. The Balaban J connectivity index is 1.41. The van der Waals surface area contributed by atoms with Gasteiger partial charge in [-0.2, -0.15) is 0 Å². The van der Waals surface area contributed by atoms with Crippen molar-refractivity contribution in [2.75, 3.05) is 13.1 Å². The summed E-state index contributed by atoms with van der Waals surface area (Å²) in [5, 5.41) is 6.11. The molecule has 27 heavy (non-hydrogen) atoms. The maximum atomic E-state index is 12.1. The molecule has 2 amide bonds. The third kappa shape index (κ3) is 5.23. The van der Waals surface area contributed by atoms with Gasteiger partial charge >= 0.3 is 6.09 Å². The molecule has 0 atom stereocenters. The van der Waals surface area contributed by atoms with E-state index in [-0.39, 0.29) is 24.5 Å². The number of hydrogen-bond acceptors (Lipinski definition) is 3. The van der Waals surface area contributed by atoms with Crippen molar-refractivity contribution in [1.82, 2.24) is 10.6 Å². The van der Waals surface area contributed by atoms with E-state index in [1.165, 1.54) is 5.56 Å². The number of benzene rings is 2. The van der Waals surface area contributed by atoms with Crippen molar-refractivity contribution in [3.63, 3.8) is 0 Å². The third-order valence-corrected chi connectivity index (χ3v) is 5.25. The van der Waals surface area contributed by atoms with Crippen molar-refractivity contribution in [1.29, 1.82) is 0 Å². The Morgan fingerprint density at radius 3 is 2.33 bits per heavy atom. The van der Waals surface area contributed by atoms with Crippen LogP contribution in [0.4, 0.5) is 4.79 Å². The molecule has 2 aromatic rings. The highest BCUT2D eigenvalue weighted by Crippen LogP contribution is 2.43. The maximum absolute atomic E-state index is 12.1. The lowest BCUT2D eigenvalue weighted by atomic mass is 9.64. The number of amides is 2. The third-order valence-electron chi connectivity index (χ3n) is 5.00. The molecule has 0 bridgehead atoms. The molecule has 0 heterocycles. The summed E-state index contributed by atoms with van der Waals surface area (Å²) in [4.78, 5) is 23.8. The van der Waals surface area contributed by atoms with Crippen LogP contribution in [0.25, 0.3) is 0 Å². The zero-order valence-corrected chi connectivity index (χ0v) is 15.8. The topological polar surface area (TPSA) is 67.4 Å². The normalized spacial score (nSPS) is 14.7. The fourth-order valence-electron chi connectivity index (χ4n) is 3.23. The quantitative estimate of drug-likeness (QED) is 0.760. The van der Waals surface area contributed by atoms with Crippen molar-refractivity contribution in [3.8, 4) is 0 Å². The summed E-state index contributed by atoms with van der Waals surface area (Å²) in [7, 11) is 0. The van der Waals surface area contributed by atoms with Crippen LogP contribution in [0, 0.1) is 0 Å². The number of hydrogen-bond donors (Lipinski definition) is 2. The summed E-state index contributed by atoms with van der Waals surface area (Å²) < 4.78 is 5.09. The van der Waals surface area contributed by atoms with Crippen LogP contribution in [0.5, 0.6) is 0 Å². The van der Waals surface area contributed by atoms with Crippen molar-refractivity contribution in [2.24, 2.45) is 0 Å². The van der Waals surface area contributed by atoms with E-state index in [9.17, 15) is 9.59 Å². The summed E-state index contributed by atoms with van der Waals surface area (Å²) >= 11 is 5.96. The Kier molecular flexibility index (Phi) is 6.35. The van der Waals surface area contributed by atoms with Crippen LogP contribution in [0.3, 0.4) is 0 Å². The van der Waals surface area contributed by atoms with Crippen LogP contribution >= 0.6 is 11.6 Å². The number of carbonyl (C=O) groups excluding carboxylic acids is 2. The Morgan fingerprint density at radius 1 is 1.00 bits per heavy atom. The Labute approximate surface area is 164 Å². The molecule has 1 fully saturated rings. The molecule has 142 valence electrons. The molecule has 0 unspecified atom stereocenters. The van der Waals surface area contributed by atoms with Crippen molar-refractivity contribution < 1.29 is 14.3 Å². The smallest absolute Gasteiger partial charge is 0.407 e. The average molecular weight is 387 g/mol. The average Bonchev–Trinajstić information content (AvgIpc) is 2.66. The second kappa shape index (κ2) is 8.91. The predicted octanol–water partition coefficient (Wildman–Crippen LogP) is 3.80. The monoisotopic (exact) mass is 386 g/mol. The Bertz CT molecular complexity index is 774. The molecular weight excluding hydrogens is 364 g/mol. The second-order valence-corrected chi connectivity index (χ2v) is 7.27. The molecule has 6 heteroatoms. The van der Waals surface area contributed by atoms with Gasteiger partial charge in [-0.05, 0) is 36.1 Å². The molecule has 0 radical (unpaired) electrons. The molecular formula is C21H23ClN2O3. The predicted molar refractivity (Wildman–Crippen MR) is 105 cm³/mol. The van der Waals surface area contributed by atoms with Gasteiger partial charge in [0.15, 0.2) is 0 Å². The fraction of sp³-hybridized carbons (Fsp3) is 0.333. The van der Waals surface area contributed by atoms with Crippen LogP contribution in [0.1, 0.15) is 30.4 Å². The summed E-state index contributed by atoms with van der Waals surface area (Å²) in [5.74, 6) is -0.230. The standard InChI is InChI=1S/C21H23ClN2O3/c22-18-9-7-17(8-10-18)21(11-4-12-21)15-24-19(25)13-23-20(26)27-14-16-5-2-1-3-6-16/h1-3,5-10H,4,11-15H2,(H,23,26)(H,24,25). The SMILES string of the molecule is O=C(CNC(=O)OCc1ccccc1)NCC1(c2ccc(Cl)cc2)CCC1. The van der Waals surface area contributed by atoms with Crippen LogP contribution in [0.2, 0.25) is 5.02 Å². The number of carbonyl (C=O) groups is 2. The van der Waals surface area contributed by atoms with E-state index in [4.69, 9.17) is 16.3 Å². The van der Waals surface area contributed by atoms with Gasteiger partial charge in [-0.1, -0.05) is 60.5 Å². The first-order valence-corrected chi connectivity index (χ1v) is 9.42. The van der Waals surface area contributed by atoms with E-state index < -0.39 is 6.09 Å². The van der Waals surface area contributed by atoms with Gasteiger partial charge in [-0.15, -0.1) is 0 Å². The van der Waals surface area contributed by atoms with Gasteiger partial charge in [0.2, 0.25) is 5.91 Å². The minimum Gasteiger partial charge on any atom is -0.445 e. The van der Waals surface area contributed by atoms with Gasteiger partial charge in [0.05, 0.1) is 6.54 Å². The number of alkyl carbamates (subject to hydrolysis) is 1. The molecule has 2 aromatic carbocycles. The molecule has 1 aliphatic carbocycles. The van der Waals surface area contributed by atoms with Gasteiger partial charge in [0.1, 0.15) is 6.61 Å². The first-order valence-electron chi connectivity index (χ1n) is 9.05. The molecule has 0 aromatic heterocycles. The van der Waals surface area contributed by atoms with Crippen LogP contribution in [-0.4, -0.2) is 25.1 Å². The number of rotatable bonds is 7. The van der Waals surface area contributed by atoms with Crippen molar-refractivity contribution >= 4 is 23.6 Å². The van der Waals surface area contributed by atoms with E-state index in [2.05, 4.69) is 10.6 Å². The van der Waals surface area contributed by atoms with E-state index in [0.29, 0.717) is 11.6 Å². The van der Waals surface area contributed by atoms with E-state index in [1.54, 1.807) is 0 Å². The number of ether oxygens (including phenoxy) is 1. The van der Waals surface area contributed by atoms with Gasteiger partial charge in [0, 0.05) is 17.0 Å². The molecule has 2 N–H and O–H groups in total. The molecule has 1 aliphatic rings. The molecule has 1 saturated carbocycles. The van der Waals surface area contributed by atoms with E-state index >= 15 is 0 Å². The highest BCUT2D eigenvalue weighted by Gasteiger charge is 2.38. The zero-order valence-electron chi connectivity index (χ0n) is 15.0. The lowest BCUT2D eigenvalue weighted by Gasteiger charge is -2.42. The lowest BCUT2D eigenvalue weighted by Crippen LogP contribution is -2.47. The Morgan fingerprint density at radius 2 is 1.70 bits per heavy atom. The number of nitrogens with one attached hydrogen (secondary N) is 2. The van der Waals surface area contributed by atoms with E-state index in [1.807, 2.05) is 54.6 Å². The summed E-state index contributed by atoms with van der Waals surface area (Å²) in [5.41, 5.74) is 2.05. The molecule has 0 spiro atoms. The van der Waals surface area contributed by atoms with Gasteiger partial charge in [-0.25, -0.2) is 4.79 Å². The second-order valence-electron chi connectivity index (χ2n) is 6.83. The lowest BCUT2D eigenvalue weighted by molar-refractivity contribution is -0.120. The van der Waals surface area contributed by atoms with Crippen molar-refractivity contribution in [2.45, 2.75) is 31.3 Å². The zero-order chi connectivity index (χ0) is 19.1. The molecule has 0 aliphatic heterocycles. The summed E-state index contributed by atoms with van der Waals surface area (Å²) in [6.45, 7) is 0.618. The van der Waals surface area contributed by atoms with Gasteiger partial charge < -0.3 is 15.4 Å². The van der Waals surface area contributed by atoms with Crippen molar-refractivity contribution in [3.05, 3.63) is 70.7 Å². The minimum absolute atomic E-state index is 0.0337. The molecule has 0 saturated heterocycles. The van der Waals surface area contributed by atoms with E-state index in [0.717, 1.165) is 24.8 Å². The molecule has 3 rings (SSSR count). The largest absolute Gasteiger partial charge is 0.445 e. The van der Waals surface area contributed by atoms with Gasteiger partial charge in [-0.3, -0.25) is 4.79 Å². The van der Waals surface area contributed by atoms with Crippen LogP contribution < -0.4 is 10.6 Å². The maximum Gasteiger partial charge on any atom is 0.407 e. The molecule has 5 nitrogen and oxygen atoms in total.